The van der Waals surface area contributed by atoms with E-state index in [2.05, 4.69) is 15.6 Å². The van der Waals surface area contributed by atoms with E-state index in [9.17, 15) is 4.79 Å². The Hall–Kier alpha value is -3.87. The van der Waals surface area contributed by atoms with Gasteiger partial charge in [0.1, 0.15) is 17.0 Å². The van der Waals surface area contributed by atoms with Crippen LogP contribution in [0.25, 0.3) is 11.0 Å². The maximum absolute atomic E-state index is 12.7. The third kappa shape index (κ3) is 4.66. The van der Waals surface area contributed by atoms with Gasteiger partial charge in [-0.2, -0.15) is 0 Å². The highest BCUT2D eigenvalue weighted by atomic mass is 16.5. The Kier molecular flexibility index (Phi) is 6.12. The summed E-state index contributed by atoms with van der Waals surface area (Å²) >= 11 is 0. The van der Waals surface area contributed by atoms with Crippen molar-refractivity contribution in [1.29, 1.82) is 0 Å². The lowest BCUT2D eigenvalue weighted by Crippen LogP contribution is -2.23. The van der Waals surface area contributed by atoms with Gasteiger partial charge >= 0.3 is 0 Å². The third-order valence-electron chi connectivity index (χ3n) is 4.95. The number of nitrogens with one attached hydrogen (secondary N) is 1. The molecule has 0 spiro atoms. The van der Waals surface area contributed by atoms with Crippen LogP contribution in [0.15, 0.2) is 66.7 Å². The quantitative estimate of drug-likeness (QED) is 0.472. The number of rotatable bonds is 8. The zero-order valence-electron chi connectivity index (χ0n) is 17.5. The minimum atomic E-state index is -0.171. The van der Waals surface area contributed by atoms with E-state index >= 15 is 0 Å². The summed E-state index contributed by atoms with van der Waals surface area (Å²) in [6.45, 7) is 3.46. The van der Waals surface area contributed by atoms with Gasteiger partial charge in [-0.25, -0.2) is 4.68 Å². The first-order valence-electron chi connectivity index (χ1n) is 10.1. The summed E-state index contributed by atoms with van der Waals surface area (Å²) < 4.78 is 12.7. The van der Waals surface area contributed by atoms with Gasteiger partial charge in [-0.3, -0.25) is 4.79 Å². The molecule has 4 aromatic rings. The van der Waals surface area contributed by atoms with Crippen LogP contribution in [0.3, 0.4) is 0 Å². The zero-order chi connectivity index (χ0) is 21.6. The van der Waals surface area contributed by atoms with Crippen LogP contribution in [0.5, 0.6) is 11.5 Å². The van der Waals surface area contributed by atoms with Crippen molar-refractivity contribution in [2.75, 3.05) is 13.7 Å². The lowest BCUT2D eigenvalue weighted by molar-refractivity contribution is 0.0950. The molecule has 0 saturated heterocycles. The molecule has 0 unspecified atom stereocenters. The van der Waals surface area contributed by atoms with Gasteiger partial charge in [0.05, 0.1) is 25.8 Å². The molecule has 0 atom stereocenters. The first-order valence-corrected chi connectivity index (χ1v) is 10.1. The van der Waals surface area contributed by atoms with Crippen molar-refractivity contribution in [1.82, 2.24) is 20.3 Å². The number of carbonyl (C=O) groups excluding carboxylic acids is 1. The summed E-state index contributed by atoms with van der Waals surface area (Å²) in [6, 6.07) is 20.9. The van der Waals surface area contributed by atoms with E-state index < -0.39 is 0 Å². The summed E-state index contributed by atoms with van der Waals surface area (Å²) in [4.78, 5) is 12.7. The van der Waals surface area contributed by atoms with E-state index in [1.807, 2.05) is 66.2 Å². The molecule has 1 heterocycles. The molecule has 158 valence electrons. The van der Waals surface area contributed by atoms with Crippen LogP contribution in [0, 0.1) is 0 Å². The zero-order valence-corrected chi connectivity index (χ0v) is 17.5. The van der Waals surface area contributed by atoms with E-state index in [4.69, 9.17) is 9.47 Å². The average molecular weight is 416 g/mol. The smallest absolute Gasteiger partial charge is 0.251 e. The van der Waals surface area contributed by atoms with E-state index in [0.717, 1.165) is 28.1 Å². The number of ether oxygens (including phenoxy) is 2. The molecule has 0 aliphatic rings. The molecular formula is C24H24N4O3. The van der Waals surface area contributed by atoms with Gasteiger partial charge in [0, 0.05) is 17.7 Å². The molecular weight excluding hydrogens is 392 g/mol. The maximum atomic E-state index is 12.7. The Morgan fingerprint density at radius 3 is 2.77 bits per heavy atom. The predicted octanol–water partition coefficient (Wildman–Crippen LogP) is 3.82. The largest absolute Gasteiger partial charge is 0.497 e. The minimum Gasteiger partial charge on any atom is -0.497 e. The SMILES string of the molecule is CCOc1ccccc1CNC(=O)c1ccc2c(c1)nnn2Cc1cccc(OC)c1. The van der Waals surface area contributed by atoms with E-state index in [1.165, 1.54) is 0 Å². The predicted molar refractivity (Wildman–Crippen MR) is 118 cm³/mol. The Labute approximate surface area is 180 Å². The Morgan fingerprint density at radius 2 is 1.94 bits per heavy atom. The van der Waals surface area contributed by atoms with Crippen LogP contribution in [0.1, 0.15) is 28.4 Å². The Bertz CT molecular complexity index is 1200. The fourth-order valence-corrected chi connectivity index (χ4v) is 3.40. The summed E-state index contributed by atoms with van der Waals surface area (Å²) in [6.07, 6.45) is 0. The van der Waals surface area contributed by atoms with Crippen molar-refractivity contribution in [2.24, 2.45) is 0 Å². The van der Waals surface area contributed by atoms with Gasteiger partial charge in [-0.15, -0.1) is 5.10 Å². The van der Waals surface area contributed by atoms with Gasteiger partial charge in [0.15, 0.2) is 0 Å². The van der Waals surface area contributed by atoms with Crippen LogP contribution < -0.4 is 14.8 Å². The first-order chi connectivity index (χ1) is 15.2. The molecule has 0 aliphatic carbocycles. The summed E-state index contributed by atoms with van der Waals surface area (Å²) in [7, 11) is 1.64. The summed E-state index contributed by atoms with van der Waals surface area (Å²) in [5.74, 6) is 1.41. The number of benzene rings is 3. The average Bonchev–Trinajstić information content (AvgIpc) is 3.20. The van der Waals surface area contributed by atoms with Gasteiger partial charge < -0.3 is 14.8 Å². The molecule has 3 aromatic carbocycles. The lowest BCUT2D eigenvalue weighted by atomic mass is 10.1. The van der Waals surface area contributed by atoms with E-state index in [-0.39, 0.29) is 5.91 Å². The minimum absolute atomic E-state index is 0.171. The van der Waals surface area contributed by atoms with Crippen molar-refractivity contribution in [3.8, 4) is 11.5 Å². The molecule has 31 heavy (non-hydrogen) atoms. The summed E-state index contributed by atoms with van der Waals surface area (Å²) in [5.41, 5.74) is 4.06. The molecule has 7 nitrogen and oxygen atoms in total. The van der Waals surface area contributed by atoms with Crippen LogP contribution in [0.2, 0.25) is 0 Å². The standard InChI is InChI=1S/C24H24N4O3/c1-3-31-23-10-5-4-8-19(23)15-25-24(29)18-11-12-22-21(14-18)26-27-28(22)16-17-7-6-9-20(13-17)30-2/h4-14H,3,15-16H2,1-2H3,(H,25,29). The van der Waals surface area contributed by atoms with Crippen molar-refractivity contribution in [3.05, 3.63) is 83.4 Å². The molecule has 0 radical (unpaired) electrons. The molecule has 0 saturated carbocycles. The van der Waals surface area contributed by atoms with Crippen molar-refractivity contribution < 1.29 is 14.3 Å². The number of amides is 1. The summed E-state index contributed by atoms with van der Waals surface area (Å²) in [5, 5.41) is 11.4. The van der Waals surface area contributed by atoms with Crippen molar-refractivity contribution >= 4 is 16.9 Å². The van der Waals surface area contributed by atoms with Crippen LogP contribution in [-0.2, 0) is 13.1 Å². The van der Waals surface area contributed by atoms with Crippen LogP contribution in [0.4, 0.5) is 0 Å². The van der Waals surface area contributed by atoms with Gasteiger partial charge in [0.25, 0.3) is 5.91 Å². The molecule has 4 rings (SSSR count). The number of para-hydroxylation sites is 1. The second kappa shape index (κ2) is 9.30. The normalized spacial score (nSPS) is 10.8. The highest BCUT2D eigenvalue weighted by Crippen LogP contribution is 2.19. The number of nitrogens with zero attached hydrogens (tertiary/aromatic N) is 3. The second-order valence-electron chi connectivity index (χ2n) is 7.03. The molecule has 0 aliphatic heterocycles. The van der Waals surface area contributed by atoms with Crippen molar-refractivity contribution in [3.63, 3.8) is 0 Å². The fraction of sp³-hybridized carbons (Fsp3) is 0.208. The van der Waals surface area contributed by atoms with E-state index in [0.29, 0.717) is 30.8 Å². The number of hydrogen-bond donors (Lipinski definition) is 1. The number of aromatic nitrogens is 3. The highest BCUT2D eigenvalue weighted by molar-refractivity contribution is 5.97. The van der Waals surface area contributed by atoms with Gasteiger partial charge in [-0.1, -0.05) is 35.5 Å². The number of fused-ring (bicyclic) bond motifs is 1. The number of hydrogen-bond acceptors (Lipinski definition) is 5. The third-order valence-corrected chi connectivity index (χ3v) is 4.95. The molecule has 0 bridgehead atoms. The number of carbonyl (C=O) groups is 1. The molecule has 0 fully saturated rings. The van der Waals surface area contributed by atoms with E-state index in [1.54, 1.807) is 19.2 Å². The topological polar surface area (TPSA) is 78.3 Å². The van der Waals surface area contributed by atoms with Crippen LogP contribution >= 0.6 is 0 Å². The molecule has 1 N–H and O–H groups in total. The monoisotopic (exact) mass is 416 g/mol. The fourth-order valence-electron chi connectivity index (χ4n) is 3.40. The number of methoxy groups -OCH3 is 1. The van der Waals surface area contributed by atoms with Crippen molar-refractivity contribution in [2.45, 2.75) is 20.0 Å². The Balaban J connectivity index is 1.48. The molecule has 1 amide bonds. The van der Waals surface area contributed by atoms with Gasteiger partial charge in [-0.05, 0) is 48.9 Å². The maximum Gasteiger partial charge on any atom is 0.251 e. The van der Waals surface area contributed by atoms with Gasteiger partial charge in [0.2, 0.25) is 0 Å². The highest BCUT2D eigenvalue weighted by Gasteiger charge is 2.12. The molecule has 1 aromatic heterocycles. The molecule has 7 heteroatoms. The second-order valence-corrected chi connectivity index (χ2v) is 7.03. The Morgan fingerprint density at radius 1 is 1.06 bits per heavy atom. The first kappa shape index (κ1) is 20.4. The van der Waals surface area contributed by atoms with Crippen LogP contribution in [-0.4, -0.2) is 34.6 Å². The lowest BCUT2D eigenvalue weighted by Gasteiger charge is -2.11.